The number of amides is 1. The van der Waals surface area contributed by atoms with Crippen LogP contribution in [0.25, 0.3) is 21.6 Å². The first-order chi connectivity index (χ1) is 13.0. The Kier molecular flexibility index (Phi) is 4.63. The summed E-state index contributed by atoms with van der Waals surface area (Å²) in [6.45, 7) is 0.197. The number of thiazole rings is 1. The second-order valence-electron chi connectivity index (χ2n) is 5.98. The van der Waals surface area contributed by atoms with Gasteiger partial charge in [0.05, 0.1) is 0 Å². The van der Waals surface area contributed by atoms with E-state index in [0.29, 0.717) is 11.3 Å². The van der Waals surface area contributed by atoms with E-state index in [1.165, 1.54) is 23.5 Å². The number of carbonyl (C=O) groups is 1. The summed E-state index contributed by atoms with van der Waals surface area (Å²) >= 11 is 7.39. The predicted molar refractivity (Wildman–Crippen MR) is 104 cm³/mol. The molecule has 0 bridgehead atoms. The molecule has 0 radical (unpaired) electrons. The summed E-state index contributed by atoms with van der Waals surface area (Å²) in [6.07, 6.45) is 3.70. The van der Waals surface area contributed by atoms with E-state index in [1.54, 1.807) is 17.6 Å². The van der Waals surface area contributed by atoms with Gasteiger partial charge in [0.25, 0.3) is 5.91 Å². The van der Waals surface area contributed by atoms with E-state index in [9.17, 15) is 9.18 Å². The molecular formula is C19H14ClFN4OS. The molecule has 5 nitrogen and oxygen atoms in total. The smallest absolute Gasteiger partial charge is 0.271 e. The van der Waals surface area contributed by atoms with Crippen molar-refractivity contribution in [3.63, 3.8) is 0 Å². The molecule has 0 aliphatic heterocycles. The van der Waals surface area contributed by atoms with E-state index in [4.69, 9.17) is 11.6 Å². The molecule has 0 spiro atoms. The van der Waals surface area contributed by atoms with Gasteiger partial charge in [-0.05, 0) is 29.8 Å². The first kappa shape index (κ1) is 17.6. The Hall–Kier alpha value is -2.77. The van der Waals surface area contributed by atoms with Crippen LogP contribution in [-0.4, -0.2) is 20.4 Å². The van der Waals surface area contributed by atoms with Crippen molar-refractivity contribution in [2.24, 2.45) is 7.05 Å². The van der Waals surface area contributed by atoms with Gasteiger partial charge < -0.3 is 9.88 Å². The topological polar surface area (TPSA) is 59.8 Å². The third kappa shape index (κ3) is 3.43. The van der Waals surface area contributed by atoms with E-state index < -0.39 is 5.82 Å². The van der Waals surface area contributed by atoms with Crippen LogP contribution in [0.4, 0.5) is 4.39 Å². The first-order valence-electron chi connectivity index (χ1n) is 8.11. The van der Waals surface area contributed by atoms with Gasteiger partial charge in [0, 0.05) is 47.3 Å². The Bertz CT molecular complexity index is 1150. The lowest BCUT2D eigenvalue weighted by Gasteiger charge is -2.05. The number of carbonyl (C=O) groups excluding carboxylic acids is 1. The largest absolute Gasteiger partial charge is 0.347 e. The number of pyridine rings is 1. The molecule has 136 valence electrons. The van der Waals surface area contributed by atoms with Crippen molar-refractivity contribution in [2.75, 3.05) is 0 Å². The molecular weight excluding hydrogens is 387 g/mol. The minimum atomic E-state index is -0.413. The number of fused-ring (bicyclic) bond motifs is 1. The van der Waals surface area contributed by atoms with Gasteiger partial charge in [-0.25, -0.2) is 14.4 Å². The van der Waals surface area contributed by atoms with Crippen molar-refractivity contribution in [1.82, 2.24) is 19.9 Å². The van der Waals surface area contributed by atoms with Crippen molar-refractivity contribution in [3.05, 3.63) is 70.2 Å². The van der Waals surface area contributed by atoms with Gasteiger partial charge in [-0.15, -0.1) is 11.3 Å². The highest BCUT2D eigenvalue weighted by atomic mass is 35.5. The molecule has 0 aliphatic rings. The normalized spacial score (nSPS) is 11.1. The maximum atomic E-state index is 13.1. The van der Waals surface area contributed by atoms with E-state index in [2.05, 4.69) is 15.3 Å². The third-order valence-electron chi connectivity index (χ3n) is 4.16. The molecule has 3 aromatic heterocycles. The van der Waals surface area contributed by atoms with Crippen LogP contribution in [0.3, 0.4) is 0 Å². The summed E-state index contributed by atoms with van der Waals surface area (Å²) < 4.78 is 15.0. The van der Waals surface area contributed by atoms with Gasteiger partial charge in [0.1, 0.15) is 22.2 Å². The third-order valence-corrected chi connectivity index (χ3v) is 5.38. The predicted octanol–water partition coefficient (Wildman–Crippen LogP) is 4.42. The van der Waals surface area contributed by atoms with E-state index >= 15 is 0 Å². The molecule has 8 heteroatoms. The lowest BCUT2D eigenvalue weighted by atomic mass is 10.2. The fraction of sp³-hybridized carbons (Fsp3) is 0.105. The summed E-state index contributed by atoms with van der Waals surface area (Å²) in [5.74, 6) is -0.722. The summed E-state index contributed by atoms with van der Waals surface area (Å²) in [4.78, 5) is 21.2. The molecule has 0 atom stereocenters. The molecule has 4 rings (SSSR count). The van der Waals surface area contributed by atoms with E-state index in [0.717, 1.165) is 21.6 Å². The molecule has 1 aromatic carbocycles. The zero-order valence-electron chi connectivity index (χ0n) is 14.2. The van der Waals surface area contributed by atoms with Crippen molar-refractivity contribution in [1.29, 1.82) is 0 Å². The van der Waals surface area contributed by atoms with Gasteiger partial charge in [-0.3, -0.25) is 4.79 Å². The molecule has 1 amide bonds. The summed E-state index contributed by atoms with van der Waals surface area (Å²) in [5.41, 5.74) is 2.77. The van der Waals surface area contributed by atoms with Gasteiger partial charge in [0.2, 0.25) is 0 Å². The van der Waals surface area contributed by atoms with Crippen LogP contribution in [0.15, 0.2) is 48.1 Å². The number of rotatable bonds is 4. The number of aryl methyl sites for hydroxylation is 1. The molecule has 1 N–H and O–H groups in total. The van der Waals surface area contributed by atoms with Crippen LogP contribution in [0.1, 0.15) is 16.1 Å². The first-order valence-corrected chi connectivity index (χ1v) is 9.37. The lowest BCUT2D eigenvalue weighted by Crippen LogP contribution is -2.23. The van der Waals surface area contributed by atoms with Crippen LogP contribution in [0.2, 0.25) is 5.02 Å². The molecule has 27 heavy (non-hydrogen) atoms. The number of halogens is 2. The zero-order valence-corrected chi connectivity index (χ0v) is 15.8. The van der Waals surface area contributed by atoms with Gasteiger partial charge in [-0.2, -0.15) is 0 Å². The molecule has 0 aliphatic carbocycles. The molecule has 0 saturated heterocycles. The zero-order chi connectivity index (χ0) is 19.0. The number of benzene rings is 1. The molecule has 3 heterocycles. The van der Waals surface area contributed by atoms with Crippen molar-refractivity contribution >= 4 is 39.9 Å². The average molecular weight is 401 g/mol. The van der Waals surface area contributed by atoms with E-state index in [1.807, 2.05) is 29.9 Å². The second-order valence-corrected chi connectivity index (χ2v) is 7.25. The molecule has 4 aromatic rings. The van der Waals surface area contributed by atoms with Crippen LogP contribution in [-0.2, 0) is 13.6 Å². The van der Waals surface area contributed by atoms with Gasteiger partial charge in [-0.1, -0.05) is 17.7 Å². The maximum absolute atomic E-state index is 13.1. The van der Waals surface area contributed by atoms with Crippen molar-refractivity contribution in [3.8, 4) is 10.6 Å². The van der Waals surface area contributed by atoms with Crippen LogP contribution < -0.4 is 5.32 Å². The molecule has 0 fully saturated rings. The van der Waals surface area contributed by atoms with Crippen LogP contribution >= 0.6 is 22.9 Å². The highest BCUT2D eigenvalue weighted by Crippen LogP contribution is 2.31. The Labute approximate surface area is 163 Å². The molecule has 0 saturated carbocycles. The quantitative estimate of drug-likeness (QED) is 0.551. The fourth-order valence-electron chi connectivity index (χ4n) is 2.82. The second kappa shape index (κ2) is 7.09. The Morgan fingerprint density at radius 3 is 3.04 bits per heavy atom. The summed E-state index contributed by atoms with van der Waals surface area (Å²) in [5, 5.41) is 6.49. The van der Waals surface area contributed by atoms with E-state index in [-0.39, 0.29) is 17.5 Å². The SMILES string of the molecule is Cn1cc(-c2nc(C(=O)NCc3ccc(F)cc3Cl)cs2)c2cccnc21. The minimum Gasteiger partial charge on any atom is -0.347 e. The van der Waals surface area contributed by atoms with Crippen molar-refractivity contribution in [2.45, 2.75) is 6.54 Å². The highest BCUT2D eigenvalue weighted by Gasteiger charge is 2.16. The Balaban J connectivity index is 1.54. The number of hydrogen-bond donors (Lipinski definition) is 1. The Morgan fingerprint density at radius 2 is 2.22 bits per heavy atom. The van der Waals surface area contributed by atoms with Crippen LogP contribution in [0, 0.1) is 5.82 Å². The highest BCUT2D eigenvalue weighted by molar-refractivity contribution is 7.13. The average Bonchev–Trinajstić information content (AvgIpc) is 3.26. The standard InChI is InChI=1S/C19H14ClFN4OS/c1-25-9-14(13-3-2-6-22-17(13)25)19-24-16(10-27-19)18(26)23-8-11-4-5-12(21)7-15(11)20/h2-7,9-10H,8H2,1H3,(H,23,26). The number of hydrogen-bond acceptors (Lipinski definition) is 4. The summed E-state index contributed by atoms with van der Waals surface area (Å²) in [6, 6.07) is 7.93. The fourth-order valence-corrected chi connectivity index (χ4v) is 3.87. The summed E-state index contributed by atoms with van der Waals surface area (Å²) in [7, 11) is 1.92. The number of nitrogens with zero attached hydrogens (tertiary/aromatic N) is 3. The number of aromatic nitrogens is 3. The Morgan fingerprint density at radius 1 is 1.37 bits per heavy atom. The maximum Gasteiger partial charge on any atom is 0.271 e. The van der Waals surface area contributed by atoms with Gasteiger partial charge >= 0.3 is 0 Å². The van der Waals surface area contributed by atoms with Gasteiger partial charge in [0.15, 0.2) is 0 Å². The number of nitrogens with one attached hydrogen (secondary N) is 1. The lowest BCUT2D eigenvalue weighted by molar-refractivity contribution is 0.0946. The van der Waals surface area contributed by atoms with Crippen LogP contribution in [0.5, 0.6) is 0 Å². The molecule has 0 unspecified atom stereocenters. The monoisotopic (exact) mass is 400 g/mol. The minimum absolute atomic E-state index is 0.197. The van der Waals surface area contributed by atoms with Crippen molar-refractivity contribution < 1.29 is 9.18 Å².